The summed E-state index contributed by atoms with van der Waals surface area (Å²) in [6.45, 7) is 0.833. The van der Waals surface area contributed by atoms with Crippen LogP contribution >= 0.6 is 23.8 Å². The average Bonchev–Trinajstić information content (AvgIpc) is 2.68. The predicted octanol–water partition coefficient (Wildman–Crippen LogP) is 4.38. The fourth-order valence-corrected chi connectivity index (χ4v) is 3.50. The molecule has 0 radical (unpaired) electrons. The molecule has 26 heavy (non-hydrogen) atoms. The van der Waals surface area contributed by atoms with Gasteiger partial charge in [0.2, 0.25) is 5.91 Å². The van der Waals surface area contributed by atoms with Gasteiger partial charge in [-0.15, -0.1) is 0 Å². The Labute approximate surface area is 163 Å². The fourth-order valence-electron chi connectivity index (χ4n) is 3.06. The molecule has 1 atom stereocenters. The number of benzene rings is 1. The number of thiocarbonyl (C=S) groups is 1. The van der Waals surface area contributed by atoms with E-state index in [0.717, 1.165) is 36.9 Å². The van der Waals surface area contributed by atoms with Crippen molar-refractivity contribution in [3.8, 4) is 0 Å². The number of hydrogen-bond donors (Lipinski definition) is 1. The molecule has 0 spiro atoms. The first-order valence-corrected chi connectivity index (χ1v) is 9.37. The van der Waals surface area contributed by atoms with Crippen molar-refractivity contribution in [2.45, 2.75) is 25.3 Å². The lowest BCUT2D eigenvalue weighted by atomic mass is 9.97. The summed E-state index contributed by atoms with van der Waals surface area (Å²) in [7, 11) is 0. The molecule has 134 valence electrons. The Morgan fingerprint density at radius 3 is 2.81 bits per heavy atom. The number of piperidine rings is 1. The maximum atomic E-state index is 12.2. The standard InChI is InChI=1S/C20H20ClN3OS/c21-17-9-6-15(7-10-17)8-11-19(25)23-20(26)24-13-2-1-5-18(24)16-4-3-12-22-14-16/h3-4,6-12,14,18H,1-2,5,13H2,(H,23,25,26)/t18-/m0/s1. The molecule has 0 aliphatic carbocycles. The summed E-state index contributed by atoms with van der Waals surface area (Å²) in [5.41, 5.74) is 2.03. The third kappa shape index (κ3) is 4.90. The van der Waals surface area contributed by atoms with Crippen LogP contribution in [0.1, 0.15) is 36.4 Å². The normalized spacial score (nSPS) is 17.3. The van der Waals surface area contributed by atoms with Gasteiger partial charge in [-0.25, -0.2) is 0 Å². The lowest BCUT2D eigenvalue weighted by molar-refractivity contribution is -0.115. The number of nitrogens with zero attached hydrogens (tertiary/aromatic N) is 2. The van der Waals surface area contributed by atoms with E-state index in [4.69, 9.17) is 23.8 Å². The zero-order valence-corrected chi connectivity index (χ0v) is 15.8. The Kier molecular flexibility index (Phi) is 6.36. The first-order valence-electron chi connectivity index (χ1n) is 8.58. The van der Waals surface area contributed by atoms with Gasteiger partial charge >= 0.3 is 0 Å². The van der Waals surface area contributed by atoms with E-state index in [-0.39, 0.29) is 11.9 Å². The number of pyridine rings is 1. The first kappa shape index (κ1) is 18.5. The van der Waals surface area contributed by atoms with Crippen LogP contribution in [0.2, 0.25) is 5.02 Å². The van der Waals surface area contributed by atoms with Crippen molar-refractivity contribution in [1.82, 2.24) is 15.2 Å². The van der Waals surface area contributed by atoms with Gasteiger partial charge in [-0.2, -0.15) is 0 Å². The van der Waals surface area contributed by atoms with Gasteiger partial charge in [0.25, 0.3) is 0 Å². The molecule has 1 saturated heterocycles. The van der Waals surface area contributed by atoms with Gasteiger partial charge in [0.15, 0.2) is 5.11 Å². The molecule has 6 heteroatoms. The van der Waals surface area contributed by atoms with Gasteiger partial charge in [0, 0.05) is 30.0 Å². The van der Waals surface area contributed by atoms with E-state index in [0.29, 0.717) is 10.1 Å². The summed E-state index contributed by atoms with van der Waals surface area (Å²) >= 11 is 11.4. The summed E-state index contributed by atoms with van der Waals surface area (Å²) in [6.07, 6.45) is 10.1. The van der Waals surface area contributed by atoms with Crippen molar-refractivity contribution in [2.24, 2.45) is 0 Å². The number of amides is 1. The number of nitrogens with one attached hydrogen (secondary N) is 1. The molecule has 4 nitrogen and oxygen atoms in total. The molecule has 2 heterocycles. The zero-order chi connectivity index (χ0) is 18.4. The van der Waals surface area contributed by atoms with Crippen LogP contribution in [0.5, 0.6) is 0 Å². The summed E-state index contributed by atoms with van der Waals surface area (Å²) in [6, 6.07) is 11.4. The highest BCUT2D eigenvalue weighted by atomic mass is 35.5. The molecule has 1 fully saturated rings. The number of carbonyl (C=O) groups is 1. The lowest BCUT2D eigenvalue weighted by Crippen LogP contribution is -2.46. The monoisotopic (exact) mass is 385 g/mol. The molecule has 2 aromatic rings. The van der Waals surface area contributed by atoms with Crippen molar-refractivity contribution >= 4 is 40.9 Å². The number of rotatable bonds is 3. The largest absolute Gasteiger partial charge is 0.342 e. The predicted molar refractivity (Wildman–Crippen MR) is 109 cm³/mol. The Morgan fingerprint density at radius 2 is 2.08 bits per heavy atom. The minimum Gasteiger partial charge on any atom is -0.342 e. The molecular weight excluding hydrogens is 366 g/mol. The molecule has 1 aliphatic heterocycles. The quantitative estimate of drug-likeness (QED) is 0.629. The molecule has 1 aromatic heterocycles. The first-order chi connectivity index (χ1) is 12.6. The van der Waals surface area contributed by atoms with E-state index in [1.54, 1.807) is 24.4 Å². The number of likely N-dealkylation sites (tertiary alicyclic amines) is 1. The number of hydrogen-bond acceptors (Lipinski definition) is 3. The number of halogens is 1. The van der Waals surface area contributed by atoms with Gasteiger partial charge in [-0.1, -0.05) is 29.8 Å². The van der Waals surface area contributed by atoms with Crippen molar-refractivity contribution in [2.75, 3.05) is 6.54 Å². The molecule has 1 aliphatic rings. The van der Waals surface area contributed by atoms with E-state index in [2.05, 4.69) is 21.3 Å². The minimum atomic E-state index is -0.236. The van der Waals surface area contributed by atoms with Gasteiger partial charge in [-0.05, 0) is 66.9 Å². The summed E-state index contributed by atoms with van der Waals surface area (Å²) < 4.78 is 0. The van der Waals surface area contributed by atoms with Crippen LogP contribution in [0.4, 0.5) is 0 Å². The van der Waals surface area contributed by atoms with E-state index < -0.39 is 0 Å². The van der Waals surface area contributed by atoms with E-state index >= 15 is 0 Å². The van der Waals surface area contributed by atoms with Gasteiger partial charge in [-0.3, -0.25) is 15.1 Å². The molecule has 3 rings (SSSR count). The maximum Gasteiger partial charge on any atom is 0.250 e. The second kappa shape index (κ2) is 8.92. The van der Waals surface area contributed by atoms with Crippen LogP contribution in [0.15, 0.2) is 54.9 Å². The molecule has 0 unspecified atom stereocenters. The Hall–Kier alpha value is -2.24. The Bertz CT molecular complexity index is 792. The Balaban J connectivity index is 1.63. The van der Waals surface area contributed by atoms with Crippen LogP contribution < -0.4 is 5.32 Å². The number of aromatic nitrogens is 1. The van der Waals surface area contributed by atoms with Crippen molar-refractivity contribution in [3.05, 3.63) is 71.0 Å². The van der Waals surface area contributed by atoms with Crippen molar-refractivity contribution < 1.29 is 4.79 Å². The lowest BCUT2D eigenvalue weighted by Gasteiger charge is -2.37. The highest BCUT2D eigenvalue weighted by molar-refractivity contribution is 7.80. The molecule has 1 aromatic carbocycles. The Morgan fingerprint density at radius 1 is 1.27 bits per heavy atom. The molecule has 1 amide bonds. The highest BCUT2D eigenvalue weighted by Crippen LogP contribution is 2.30. The number of carbonyl (C=O) groups excluding carboxylic acids is 1. The highest BCUT2D eigenvalue weighted by Gasteiger charge is 2.26. The SMILES string of the molecule is O=C(C=Cc1ccc(Cl)cc1)NC(=S)N1CCCC[C@H]1c1cccnc1. The van der Waals surface area contributed by atoms with Crippen LogP contribution in [0.3, 0.4) is 0 Å². The van der Waals surface area contributed by atoms with Crippen LogP contribution in [0.25, 0.3) is 6.08 Å². The third-order valence-electron chi connectivity index (χ3n) is 4.36. The minimum absolute atomic E-state index is 0.158. The van der Waals surface area contributed by atoms with Gasteiger partial charge < -0.3 is 4.90 Å². The van der Waals surface area contributed by atoms with Crippen molar-refractivity contribution in [1.29, 1.82) is 0 Å². The van der Waals surface area contributed by atoms with E-state index in [9.17, 15) is 4.79 Å². The average molecular weight is 386 g/mol. The van der Waals surface area contributed by atoms with Crippen LogP contribution in [-0.2, 0) is 4.79 Å². The molecule has 1 N–H and O–H groups in total. The van der Waals surface area contributed by atoms with E-state index in [1.807, 2.05) is 24.4 Å². The summed E-state index contributed by atoms with van der Waals surface area (Å²) in [4.78, 5) is 18.5. The second-order valence-electron chi connectivity index (χ2n) is 6.17. The third-order valence-corrected chi connectivity index (χ3v) is 4.95. The maximum absolute atomic E-state index is 12.2. The molecular formula is C20H20ClN3OS. The molecule has 0 bridgehead atoms. The zero-order valence-electron chi connectivity index (χ0n) is 14.3. The van der Waals surface area contributed by atoms with Gasteiger partial charge in [0.05, 0.1) is 6.04 Å². The van der Waals surface area contributed by atoms with Crippen molar-refractivity contribution in [3.63, 3.8) is 0 Å². The summed E-state index contributed by atoms with van der Waals surface area (Å²) in [5.74, 6) is -0.236. The van der Waals surface area contributed by atoms with Crippen LogP contribution in [-0.4, -0.2) is 27.4 Å². The fraction of sp³-hybridized carbons (Fsp3) is 0.250. The smallest absolute Gasteiger partial charge is 0.250 e. The topological polar surface area (TPSA) is 45.2 Å². The molecule has 0 saturated carbocycles. The van der Waals surface area contributed by atoms with Crippen LogP contribution in [0, 0.1) is 0 Å². The summed E-state index contributed by atoms with van der Waals surface area (Å²) in [5, 5.41) is 3.94. The van der Waals surface area contributed by atoms with E-state index in [1.165, 1.54) is 6.08 Å². The van der Waals surface area contributed by atoms with Gasteiger partial charge in [0.1, 0.15) is 0 Å². The second-order valence-corrected chi connectivity index (χ2v) is 6.99.